The minimum Gasteiger partial charge on any atom is -0.375 e. The molecule has 1 fully saturated rings. The fourth-order valence-electron chi connectivity index (χ4n) is 4.69. The summed E-state index contributed by atoms with van der Waals surface area (Å²) in [6, 6.07) is 27.9. The van der Waals surface area contributed by atoms with E-state index in [0.717, 1.165) is 28.5 Å². The number of nitrogens with one attached hydrogen (secondary N) is 2. The lowest BCUT2D eigenvalue weighted by molar-refractivity contribution is -0.119. The quantitative estimate of drug-likeness (QED) is 0.353. The van der Waals surface area contributed by atoms with Crippen molar-refractivity contribution in [1.82, 2.24) is 14.9 Å². The molecule has 1 aliphatic rings. The van der Waals surface area contributed by atoms with Crippen LogP contribution in [0.2, 0.25) is 0 Å². The molecule has 8 heteroatoms. The van der Waals surface area contributed by atoms with Gasteiger partial charge in [0.25, 0.3) is 0 Å². The highest BCUT2D eigenvalue weighted by atomic mass is 32.1. The average molecular weight is 498 g/mol. The summed E-state index contributed by atoms with van der Waals surface area (Å²) in [7, 11) is 1.50. The molecule has 36 heavy (non-hydrogen) atoms. The summed E-state index contributed by atoms with van der Waals surface area (Å²) in [6.45, 7) is 2.11. The highest BCUT2D eigenvalue weighted by molar-refractivity contribution is 7.80. The van der Waals surface area contributed by atoms with Crippen LogP contribution in [0.3, 0.4) is 0 Å². The summed E-state index contributed by atoms with van der Waals surface area (Å²) >= 11 is 5.87. The molecule has 2 atom stereocenters. The number of aromatic nitrogens is 2. The first-order valence-electron chi connectivity index (χ1n) is 11.7. The first kappa shape index (κ1) is 23.7. The van der Waals surface area contributed by atoms with Crippen LogP contribution in [0.5, 0.6) is 0 Å². The molecule has 0 unspecified atom stereocenters. The van der Waals surface area contributed by atoms with E-state index in [1.165, 1.54) is 7.11 Å². The lowest BCUT2D eigenvalue weighted by atomic mass is 10.0. The molecule has 0 saturated carbocycles. The van der Waals surface area contributed by atoms with Gasteiger partial charge in [-0.2, -0.15) is 0 Å². The van der Waals surface area contributed by atoms with E-state index in [1.54, 1.807) is 6.20 Å². The molecule has 2 aromatic heterocycles. The summed E-state index contributed by atoms with van der Waals surface area (Å²) in [6.07, 6.45) is 1.80. The molecule has 3 heterocycles. The predicted octanol–water partition coefficient (Wildman–Crippen LogP) is 4.94. The van der Waals surface area contributed by atoms with Crippen molar-refractivity contribution in [2.75, 3.05) is 23.9 Å². The standard InChI is InChI=1S/C28H27N5O2S/c1-19-11-16-24(32(19)21-8-4-3-5-9-21)27-26(23-10-6-7-17-29-23)31-28(36)33(27)22-14-12-20(13-15-22)30-25(34)18-35-2/h3-17,26-27H,18H2,1-2H3,(H,30,34)(H,31,36)/t26-,27+/m0/s1. The maximum atomic E-state index is 11.9. The number of carbonyl (C=O) groups is 1. The molecular weight excluding hydrogens is 470 g/mol. The van der Waals surface area contributed by atoms with Crippen molar-refractivity contribution >= 4 is 34.6 Å². The Morgan fingerprint density at radius 1 is 1.00 bits per heavy atom. The molecule has 182 valence electrons. The molecule has 0 radical (unpaired) electrons. The number of anilines is 2. The van der Waals surface area contributed by atoms with Crippen LogP contribution in [0, 0.1) is 6.92 Å². The molecule has 5 rings (SSSR count). The second kappa shape index (κ2) is 10.3. The fourth-order valence-corrected chi connectivity index (χ4v) is 5.03. The maximum Gasteiger partial charge on any atom is 0.250 e. The van der Waals surface area contributed by atoms with Gasteiger partial charge in [-0.3, -0.25) is 9.78 Å². The van der Waals surface area contributed by atoms with Crippen LogP contribution in [-0.2, 0) is 9.53 Å². The molecule has 1 saturated heterocycles. The van der Waals surface area contributed by atoms with Crippen molar-refractivity contribution in [3.8, 4) is 5.69 Å². The average Bonchev–Trinajstić information content (AvgIpc) is 3.45. The van der Waals surface area contributed by atoms with E-state index >= 15 is 0 Å². The van der Waals surface area contributed by atoms with Gasteiger partial charge >= 0.3 is 0 Å². The summed E-state index contributed by atoms with van der Waals surface area (Å²) in [5.41, 5.74) is 5.83. The van der Waals surface area contributed by atoms with Gasteiger partial charge in [0.15, 0.2) is 5.11 Å². The Bertz CT molecular complexity index is 1360. The Morgan fingerprint density at radius 2 is 1.75 bits per heavy atom. The lowest BCUT2D eigenvalue weighted by Crippen LogP contribution is -2.30. The van der Waals surface area contributed by atoms with Crippen molar-refractivity contribution in [3.63, 3.8) is 0 Å². The molecule has 2 N–H and O–H groups in total. The Balaban J connectivity index is 1.58. The zero-order chi connectivity index (χ0) is 25.1. The first-order valence-corrected chi connectivity index (χ1v) is 12.1. The summed E-state index contributed by atoms with van der Waals surface area (Å²) in [5.74, 6) is -0.201. The van der Waals surface area contributed by atoms with Gasteiger partial charge in [-0.05, 0) is 79.8 Å². The van der Waals surface area contributed by atoms with Crippen LogP contribution in [0.1, 0.15) is 29.2 Å². The van der Waals surface area contributed by atoms with Crippen molar-refractivity contribution in [2.45, 2.75) is 19.0 Å². The molecule has 0 spiro atoms. The normalized spacial score (nSPS) is 17.2. The van der Waals surface area contributed by atoms with E-state index < -0.39 is 0 Å². The molecule has 4 aromatic rings. The number of carbonyl (C=O) groups excluding carboxylic acids is 1. The van der Waals surface area contributed by atoms with E-state index in [2.05, 4.69) is 56.3 Å². The number of amides is 1. The van der Waals surface area contributed by atoms with E-state index in [4.69, 9.17) is 17.0 Å². The van der Waals surface area contributed by atoms with Crippen LogP contribution in [0.25, 0.3) is 5.69 Å². The van der Waals surface area contributed by atoms with Gasteiger partial charge in [-0.15, -0.1) is 0 Å². The monoisotopic (exact) mass is 497 g/mol. The minimum atomic E-state index is -0.201. The number of methoxy groups -OCH3 is 1. The van der Waals surface area contributed by atoms with Gasteiger partial charge in [0.05, 0.1) is 11.7 Å². The Kier molecular flexibility index (Phi) is 6.79. The molecule has 0 aliphatic carbocycles. The SMILES string of the molecule is COCC(=O)Nc1ccc(N2C(=S)N[C@@H](c3ccccn3)[C@H]2c2ccc(C)n2-c2ccccc2)cc1. The number of hydrogen-bond donors (Lipinski definition) is 2. The van der Waals surface area contributed by atoms with Gasteiger partial charge in [0.1, 0.15) is 12.6 Å². The second-order valence-electron chi connectivity index (χ2n) is 8.60. The van der Waals surface area contributed by atoms with Crippen LogP contribution in [0.15, 0.2) is 91.1 Å². The smallest absolute Gasteiger partial charge is 0.250 e. The fraction of sp³-hybridized carbons (Fsp3) is 0.179. The Labute approximate surface area is 215 Å². The van der Waals surface area contributed by atoms with Crippen LogP contribution in [0.4, 0.5) is 11.4 Å². The zero-order valence-electron chi connectivity index (χ0n) is 20.1. The summed E-state index contributed by atoms with van der Waals surface area (Å²) in [4.78, 5) is 18.7. The van der Waals surface area contributed by atoms with Crippen LogP contribution in [-0.4, -0.2) is 34.3 Å². The summed E-state index contributed by atoms with van der Waals surface area (Å²) in [5, 5.41) is 6.97. The third-order valence-electron chi connectivity index (χ3n) is 6.23. The minimum absolute atomic E-state index is 0.00549. The number of para-hydroxylation sites is 1. The number of nitrogens with zero attached hydrogens (tertiary/aromatic N) is 3. The van der Waals surface area contributed by atoms with Crippen LogP contribution < -0.4 is 15.5 Å². The third kappa shape index (κ3) is 4.60. The molecular formula is C28H27N5O2S. The topological polar surface area (TPSA) is 71.4 Å². The van der Waals surface area contributed by atoms with E-state index in [1.807, 2.05) is 60.7 Å². The molecule has 1 amide bonds. The largest absolute Gasteiger partial charge is 0.375 e. The number of rotatable bonds is 7. The molecule has 0 bridgehead atoms. The van der Waals surface area contributed by atoms with Crippen LogP contribution >= 0.6 is 12.2 Å². The van der Waals surface area contributed by atoms with Crippen molar-refractivity contribution in [2.24, 2.45) is 0 Å². The van der Waals surface area contributed by atoms with Gasteiger partial charge in [0, 0.05) is 41.8 Å². The number of thiocarbonyl (C=S) groups is 1. The highest BCUT2D eigenvalue weighted by Gasteiger charge is 2.42. The van der Waals surface area contributed by atoms with Gasteiger partial charge in [-0.25, -0.2) is 0 Å². The van der Waals surface area contributed by atoms with E-state index in [9.17, 15) is 4.79 Å². The highest BCUT2D eigenvalue weighted by Crippen LogP contribution is 2.42. The number of ether oxygens (including phenoxy) is 1. The first-order chi connectivity index (χ1) is 17.6. The van der Waals surface area contributed by atoms with Gasteiger partial charge in [0.2, 0.25) is 5.91 Å². The molecule has 7 nitrogen and oxygen atoms in total. The molecule has 2 aromatic carbocycles. The Morgan fingerprint density at radius 3 is 2.44 bits per heavy atom. The van der Waals surface area contributed by atoms with Crippen molar-refractivity contribution in [1.29, 1.82) is 0 Å². The second-order valence-corrected chi connectivity index (χ2v) is 8.98. The van der Waals surface area contributed by atoms with E-state index in [0.29, 0.717) is 10.8 Å². The number of pyridine rings is 1. The van der Waals surface area contributed by atoms with Gasteiger partial charge in [-0.1, -0.05) is 24.3 Å². The number of hydrogen-bond acceptors (Lipinski definition) is 4. The van der Waals surface area contributed by atoms with Crippen molar-refractivity contribution < 1.29 is 9.53 Å². The molecule has 1 aliphatic heterocycles. The Hall–Kier alpha value is -4.01. The predicted molar refractivity (Wildman–Crippen MR) is 145 cm³/mol. The maximum absolute atomic E-state index is 11.9. The third-order valence-corrected chi connectivity index (χ3v) is 6.54. The zero-order valence-corrected chi connectivity index (χ0v) is 20.9. The lowest BCUT2D eigenvalue weighted by Gasteiger charge is -2.29. The van der Waals surface area contributed by atoms with E-state index in [-0.39, 0.29) is 24.6 Å². The van der Waals surface area contributed by atoms with Crippen molar-refractivity contribution in [3.05, 3.63) is 108 Å². The number of aryl methyl sites for hydroxylation is 1. The van der Waals surface area contributed by atoms with Gasteiger partial charge < -0.3 is 24.8 Å². The number of benzene rings is 2. The summed E-state index contributed by atoms with van der Waals surface area (Å²) < 4.78 is 7.17.